The largest absolute Gasteiger partial charge is 0.307 e. The molecular formula is C13H18BrNS. The van der Waals surface area contributed by atoms with Crippen LogP contribution in [0.1, 0.15) is 31.4 Å². The lowest BCUT2D eigenvalue weighted by molar-refractivity contribution is 0.453. The molecule has 1 saturated heterocycles. The molecule has 0 amide bonds. The van der Waals surface area contributed by atoms with Crippen molar-refractivity contribution in [2.75, 3.05) is 11.5 Å². The molecule has 0 radical (unpaired) electrons. The molecule has 1 unspecified atom stereocenters. The fourth-order valence-electron chi connectivity index (χ4n) is 2.07. The van der Waals surface area contributed by atoms with Crippen molar-refractivity contribution >= 4 is 27.7 Å². The van der Waals surface area contributed by atoms with Crippen molar-refractivity contribution in [2.45, 2.75) is 31.8 Å². The van der Waals surface area contributed by atoms with Crippen LogP contribution < -0.4 is 5.32 Å². The van der Waals surface area contributed by atoms with Gasteiger partial charge < -0.3 is 5.32 Å². The Balaban J connectivity index is 1.91. The first-order chi connectivity index (χ1) is 7.75. The van der Waals surface area contributed by atoms with Crippen molar-refractivity contribution < 1.29 is 0 Å². The fraction of sp³-hybridized carbons (Fsp3) is 0.538. The molecule has 0 spiro atoms. The number of thioether (sulfide) groups is 1. The smallest absolute Gasteiger partial charge is 0.0294 e. The molecule has 1 aliphatic rings. The van der Waals surface area contributed by atoms with Gasteiger partial charge in [-0.3, -0.25) is 0 Å². The Hall–Kier alpha value is 0.01000. The Morgan fingerprint density at radius 2 is 2.12 bits per heavy atom. The first-order valence-corrected chi connectivity index (χ1v) is 7.80. The van der Waals surface area contributed by atoms with Crippen LogP contribution in [0.3, 0.4) is 0 Å². The molecule has 1 nitrogen and oxygen atoms in total. The number of halogens is 1. The fourth-order valence-corrected chi connectivity index (χ4v) is 3.42. The van der Waals surface area contributed by atoms with Gasteiger partial charge in [-0.05, 0) is 43.2 Å². The average Bonchev–Trinajstić information content (AvgIpc) is 2.31. The van der Waals surface area contributed by atoms with Gasteiger partial charge in [0.05, 0.1) is 0 Å². The van der Waals surface area contributed by atoms with Gasteiger partial charge in [0.2, 0.25) is 0 Å². The Morgan fingerprint density at radius 1 is 1.38 bits per heavy atom. The van der Waals surface area contributed by atoms with Crippen molar-refractivity contribution in [1.82, 2.24) is 5.32 Å². The molecule has 0 bridgehead atoms. The van der Waals surface area contributed by atoms with Crippen LogP contribution in [0.15, 0.2) is 28.7 Å². The second kappa shape index (κ2) is 6.08. The number of benzene rings is 1. The summed E-state index contributed by atoms with van der Waals surface area (Å²) < 4.78 is 1.15. The predicted molar refractivity (Wildman–Crippen MR) is 76.0 cm³/mol. The molecular weight excluding hydrogens is 282 g/mol. The third kappa shape index (κ3) is 3.51. The molecule has 0 aliphatic carbocycles. The zero-order valence-electron chi connectivity index (χ0n) is 9.58. The Morgan fingerprint density at radius 3 is 2.75 bits per heavy atom. The van der Waals surface area contributed by atoms with E-state index in [0.717, 1.165) is 4.47 Å². The highest BCUT2D eigenvalue weighted by Gasteiger charge is 2.16. The molecule has 88 valence electrons. The maximum atomic E-state index is 3.72. The van der Waals surface area contributed by atoms with Gasteiger partial charge in [-0.25, -0.2) is 0 Å². The van der Waals surface area contributed by atoms with Gasteiger partial charge in [-0.1, -0.05) is 28.1 Å². The lowest BCUT2D eigenvalue weighted by atomic mass is 10.1. The van der Waals surface area contributed by atoms with E-state index in [1.165, 1.54) is 29.9 Å². The minimum absolute atomic E-state index is 0.455. The molecule has 2 atom stereocenters. The summed E-state index contributed by atoms with van der Waals surface area (Å²) in [6, 6.07) is 9.76. The van der Waals surface area contributed by atoms with Crippen LogP contribution in [-0.4, -0.2) is 17.5 Å². The van der Waals surface area contributed by atoms with E-state index in [9.17, 15) is 0 Å². The van der Waals surface area contributed by atoms with Crippen LogP contribution in [0, 0.1) is 0 Å². The van der Waals surface area contributed by atoms with Gasteiger partial charge in [-0.2, -0.15) is 11.8 Å². The van der Waals surface area contributed by atoms with E-state index in [4.69, 9.17) is 0 Å². The van der Waals surface area contributed by atoms with E-state index < -0.39 is 0 Å². The normalized spacial score (nSPS) is 23.0. The highest BCUT2D eigenvalue weighted by atomic mass is 79.9. The zero-order chi connectivity index (χ0) is 11.4. The average molecular weight is 300 g/mol. The summed E-state index contributed by atoms with van der Waals surface area (Å²) in [7, 11) is 0. The van der Waals surface area contributed by atoms with Gasteiger partial charge in [0, 0.05) is 22.3 Å². The molecule has 2 rings (SSSR count). The summed E-state index contributed by atoms with van der Waals surface area (Å²) in [6.07, 6.45) is 2.68. The van der Waals surface area contributed by atoms with Crippen molar-refractivity contribution in [3.05, 3.63) is 34.3 Å². The van der Waals surface area contributed by atoms with Crippen LogP contribution in [0.2, 0.25) is 0 Å². The van der Waals surface area contributed by atoms with Crippen LogP contribution >= 0.6 is 27.7 Å². The van der Waals surface area contributed by atoms with Gasteiger partial charge in [0.25, 0.3) is 0 Å². The molecule has 1 aromatic rings. The molecule has 0 saturated carbocycles. The van der Waals surface area contributed by atoms with E-state index in [2.05, 4.69) is 64.2 Å². The van der Waals surface area contributed by atoms with Gasteiger partial charge >= 0.3 is 0 Å². The Kier molecular flexibility index (Phi) is 4.74. The number of nitrogens with one attached hydrogen (secondary N) is 1. The third-order valence-corrected chi connectivity index (χ3v) is 4.76. The lowest BCUT2D eigenvalue weighted by Crippen LogP contribution is -2.35. The summed E-state index contributed by atoms with van der Waals surface area (Å²) >= 11 is 5.54. The third-order valence-electron chi connectivity index (χ3n) is 3.02. The topological polar surface area (TPSA) is 12.0 Å². The summed E-state index contributed by atoms with van der Waals surface area (Å²) in [5, 5.41) is 3.72. The van der Waals surface area contributed by atoms with Crippen molar-refractivity contribution in [1.29, 1.82) is 0 Å². The van der Waals surface area contributed by atoms with E-state index in [-0.39, 0.29) is 0 Å². The van der Waals surface area contributed by atoms with Gasteiger partial charge in [0.1, 0.15) is 0 Å². The Bertz CT molecular complexity index is 319. The van der Waals surface area contributed by atoms with Crippen LogP contribution in [0.4, 0.5) is 0 Å². The molecule has 1 fully saturated rings. The number of hydrogen-bond donors (Lipinski definition) is 1. The molecule has 0 aromatic heterocycles. The second-order valence-corrected chi connectivity index (χ2v) is 6.42. The number of rotatable bonds is 3. The first-order valence-electron chi connectivity index (χ1n) is 5.85. The molecule has 16 heavy (non-hydrogen) atoms. The highest BCUT2D eigenvalue weighted by Crippen LogP contribution is 2.21. The zero-order valence-corrected chi connectivity index (χ0v) is 12.0. The number of hydrogen-bond acceptors (Lipinski definition) is 2. The molecule has 1 N–H and O–H groups in total. The van der Waals surface area contributed by atoms with E-state index in [1.807, 2.05) is 0 Å². The summed E-state index contributed by atoms with van der Waals surface area (Å²) in [6.45, 7) is 2.25. The van der Waals surface area contributed by atoms with E-state index in [0.29, 0.717) is 12.1 Å². The maximum absolute atomic E-state index is 3.72. The molecule has 1 aliphatic heterocycles. The van der Waals surface area contributed by atoms with Gasteiger partial charge in [-0.15, -0.1) is 0 Å². The van der Waals surface area contributed by atoms with Crippen molar-refractivity contribution in [2.24, 2.45) is 0 Å². The minimum Gasteiger partial charge on any atom is -0.307 e. The van der Waals surface area contributed by atoms with Crippen LogP contribution in [0.5, 0.6) is 0 Å². The first kappa shape index (κ1) is 12.5. The molecule has 1 heterocycles. The predicted octanol–water partition coefficient (Wildman–Crippen LogP) is 4.00. The molecule has 1 aromatic carbocycles. The van der Waals surface area contributed by atoms with Crippen molar-refractivity contribution in [3.8, 4) is 0 Å². The summed E-state index contributed by atoms with van der Waals surface area (Å²) in [5.41, 5.74) is 1.37. The van der Waals surface area contributed by atoms with Crippen LogP contribution in [0.25, 0.3) is 0 Å². The van der Waals surface area contributed by atoms with Gasteiger partial charge in [0.15, 0.2) is 0 Å². The summed E-state index contributed by atoms with van der Waals surface area (Å²) in [4.78, 5) is 0. The van der Waals surface area contributed by atoms with Crippen molar-refractivity contribution in [3.63, 3.8) is 0 Å². The maximum Gasteiger partial charge on any atom is 0.0294 e. The summed E-state index contributed by atoms with van der Waals surface area (Å²) in [5.74, 6) is 2.60. The quantitative estimate of drug-likeness (QED) is 0.905. The SMILES string of the molecule is C[C@@H](NC1CCCSC1)c1ccc(Br)cc1. The second-order valence-electron chi connectivity index (χ2n) is 4.35. The monoisotopic (exact) mass is 299 g/mol. The lowest BCUT2D eigenvalue weighted by Gasteiger charge is -2.26. The standard InChI is InChI=1S/C13H18BrNS/c1-10(11-4-6-12(14)7-5-11)15-13-3-2-8-16-9-13/h4-7,10,13,15H,2-3,8-9H2,1H3/t10-,13?/m1/s1. The Labute approximate surface area is 111 Å². The minimum atomic E-state index is 0.455. The van der Waals surface area contributed by atoms with Crippen LogP contribution in [-0.2, 0) is 0 Å². The van der Waals surface area contributed by atoms with E-state index in [1.54, 1.807) is 0 Å². The van der Waals surface area contributed by atoms with E-state index >= 15 is 0 Å². The highest BCUT2D eigenvalue weighted by molar-refractivity contribution is 9.10. The molecule has 3 heteroatoms.